The summed E-state index contributed by atoms with van der Waals surface area (Å²) in [5.74, 6) is -0.151. The van der Waals surface area contributed by atoms with Crippen molar-refractivity contribution in [1.82, 2.24) is 4.72 Å². The Hall–Kier alpha value is -0.920. The number of hydrogen-bond donors (Lipinski definition) is 2. The summed E-state index contributed by atoms with van der Waals surface area (Å²) in [5, 5.41) is 9.52. The van der Waals surface area contributed by atoms with Crippen LogP contribution in [0.1, 0.15) is 18.4 Å². The van der Waals surface area contributed by atoms with Crippen LogP contribution in [0.2, 0.25) is 4.34 Å². The van der Waals surface area contributed by atoms with Crippen LogP contribution in [0.4, 0.5) is 0 Å². The molecule has 0 saturated carbocycles. The summed E-state index contributed by atoms with van der Waals surface area (Å²) in [6.07, 6.45) is 0. The number of halogens is 1. The number of benzene rings is 1. The summed E-state index contributed by atoms with van der Waals surface area (Å²) in [7, 11) is -3.68. The summed E-state index contributed by atoms with van der Waals surface area (Å²) < 4.78 is 27.7. The maximum Gasteiger partial charge on any atom is 0.250 e. The zero-order valence-electron chi connectivity index (χ0n) is 11.4. The first-order chi connectivity index (χ1) is 9.94. The number of aliphatic hydroxyl groups excluding tert-OH is 1. The molecule has 0 fully saturated rings. The van der Waals surface area contributed by atoms with Gasteiger partial charge >= 0.3 is 0 Å². The van der Waals surface area contributed by atoms with Crippen LogP contribution in [-0.2, 0) is 10.0 Å². The van der Waals surface area contributed by atoms with Gasteiger partial charge in [-0.2, -0.15) is 0 Å². The Labute approximate surface area is 133 Å². The molecule has 0 unspecified atom stereocenters. The molecule has 0 aliphatic carbocycles. The largest absolute Gasteiger partial charge is 0.395 e. The van der Waals surface area contributed by atoms with E-state index in [1.807, 2.05) is 37.3 Å². The van der Waals surface area contributed by atoms with Gasteiger partial charge in [0.1, 0.15) is 4.21 Å². The normalized spacial score (nSPS) is 14.8. The van der Waals surface area contributed by atoms with E-state index in [1.54, 1.807) is 0 Å². The van der Waals surface area contributed by atoms with Crippen molar-refractivity contribution >= 4 is 33.0 Å². The maximum atomic E-state index is 12.3. The quantitative estimate of drug-likeness (QED) is 0.846. The van der Waals surface area contributed by atoms with E-state index in [2.05, 4.69) is 4.72 Å². The van der Waals surface area contributed by atoms with Crippen molar-refractivity contribution in [2.45, 2.75) is 23.1 Å². The molecule has 114 valence electrons. The molecule has 1 heterocycles. The number of sulfonamides is 1. The van der Waals surface area contributed by atoms with Gasteiger partial charge in [0.25, 0.3) is 0 Å². The Balaban J connectivity index is 2.19. The van der Waals surface area contributed by atoms with E-state index >= 15 is 0 Å². The summed E-state index contributed by atoms with van der Waals surface area (Å²) in [6.45, 7) is 1.59. The van der Waals surface area contributed by atoms with Crippen molar-refractivity contribution in [2.75, 3.05) is 6.61 Å². The van der Waals surface area contributed by atoms with Gasteiger partial charge in [-0.05, 0) is 23.6 Å². The highest BCUT2D eigenvalue weighted by molar-refractivity contribution is 7.91. The van der Waals surface area contributed by atoms with Gasteiger partial charge in [-0.15, -0.1) is 11.3 Å². The van der Waals surface area contributed by atoms with E-state index in [0.717, 1.165) is 16.9 Å². The smallest absolute Gasteiger partial charge is 0.250 e. The molecule has 2 aromatic rings. The SMILES string of the molecule is C[C@H](c1ccccc1)[C@H](CO)NS(=O)(=O)c1ccc(Cl)s1. The van der Waals surface area contributed by atoms with E-state index in [-0.39, 0.29) is 16.7 Å². The monoisotopic (exact) mass is 345 g/mol. The predicted octanol–water partition coefficient (Wildman–Crippen LogP) is 2.84. The number of thiophene rings is 1. The van der Waals surface area contributed by atoms with Crippen LogP contribution in [0.3, 0.4) is 0 Å². The Kier molecular flexibility index (Phi) is 5.40. The first-order valence-electron chi connectivity index (χ1n) is 6.37. The maximum absolute atomic E-state index is 12.3. The van der Waals surface area contributed by atoms with Crippen molar-refractivity contribution in [1.29, 1.82) is 0 Å². The third-order valence-electron chi connectivity index (χ3n) is 3.25. The van der Waals surface area contributed by atoms with Gasteiger partial charge in [-0.25, -0.2) is 13.1 Å². The third kappa shape index (κ3) is 4.05. The fourth-order valence-corrected chi connectivity index (χ4v) is 4.79. The Morgan fingerprint density at radius 2 is 1.90 bits per heavy atom. The minimum absolute atomic E-state index is 0.145. The van der Waals surface area contributed by atoms with Gasteiger partial charge < -0.3 is 5.11 Å². The van der Waals surface area contributed by atoms with Gasteiger partial charge in [-0.1, -0.05) is 48.9 Å². The molecule has 0 aliphatic rings. The zero-order valence-corrected chi connectivity index (χ0v) is 13.8. The predicted molar refractivity (Wildman–Crippen MR) is 85.4 cm³/mol. The van der Waals surface area contributed by atoms with Crippen LogP contribution in [0.15, 0.2) is 46.7 Å². The molecule has 2 rings (SSSR count). The molecule has 0 bridgehead atoms. The number of aliphatic hydroxyl groups is 1. The average Bonchev–Trinajstić information content (AvgIpc) is 2.92. The van der Waals surface area contributed by atoms with Crippen LogP contribution in [0.5, 0.6) is 0 Å². The van der Waals surface area contributed by atoms with Crippen molar-refractivity contribution in [3.05, 3.63) is 52.4 Å². The van der Waals surface area contributed by atoms with Crippen LogP contribution in [0, 0.1) is 0 Å². The highest BCUT2D eigenvalue weighted by atomic mass is 35.5. The van der Waals surface area contributed by atoms with Crippen molar-refractivity contribution in [3.63, 3.8) is 0 Å². The third-order valence-corrected chi connectivity index (χ3v) is 6.46. The van der Waals surface area contributed by atoms with Crippen LogP contribution < -0.4 is 4.72 Å². The van der Waals surface area contributed by atoms with E-state index in [0.29, 0.717) is 4.34 Å². The summed E-state index contributed by atoms with van der Waals surface area (Å²) >= 11 is 6.76. The summed E-state index contributed by atoms with van der Waals surface area (Å²) in [6, 6.07) is 11.9. The molecule has 1 aromatic carbocycles. The Morgan fingerprint density at radius 3 is 2.43 bits per heavy atom. The Bertz CT molecular complexity index is 685. The second kappa shape index (κ2) is 6.89. The molecular formula is C14H16ClNO3S2. The molecule has 0 amide bonds. The van der Waals surface area contributed by atoms with Gasteiger partial charge in [0.2, 0.25) is 10.0 Å². The standard InChI is InChI=1S/C14H16ClNO3S2/c1-10(11-5-3-2-4-6-11)12(9-17)16-21(18,19)14-8-7-13(15)20-14/h2-8,10,12,16-17H,9H2,1H3/t10-,12+/m1/s1. The van der Waals surface area contributed by atoms with Crippen molar-refractivity contribution < 1.29 is 13.5 Å². The lowest BCUT2D eigenvalue weighted by Crippen LogP contribution is -2.40. The molecule has 0 aliphatic heterocycles. The van der Waals surface area contributed by atoms with Crippen LogP contribution in [0.25, 0.3) is 0 Å². The Morgan fingerprint density at radius 1 is 1.24 bits per heavy atom. The molecular weight excluding hydrogens is 330 g/mol. The average molecular weight is 346 g/mol. The number of rotatable bonds is 6. The highest BCUT2D eigenvalue weighted by Crippen LogP contribution is 2.27. The number of hydrogen-bond acceptors (Lipinski definition) is 4. The molecule has 21 heavy (non-hydrogen) atoms. The molecule has 2 N–H and O–H groups in total. The van der Waals surface area contributed by atoms with E-state index in [9.17, 15) is 13.5 Å². The molecule has 0 saturated heterocycles. The zero-order chi connectivity index (χ0) is 15.5. The van der Waals surface area contributed by atoms with E-state index in [1.165, 1.54) is 12.1 Å². The van der Waals surface area contributed by atoms with Gasteiger partial charge in [0.05, 0.1) is 17.0 Å². The van der Waals surface area contributed by atoms with Gasteiger partial charge in [0.15, 0.2) is 0 Å². The second-order valence-electron chi connectivity index (χ2n) is 4.67. The topological polar surface area (TPSA) is 66.4 Å². The molecule has 7 heteroatoms. The fourth-order valence-electron chi connectivity index (χ4n) is 1.99. The van der Waals surface area contributed by atoms with Crippen LogP contribution in [-0.4, -0.2) is 26.2 Å². The molecule has 0 spiro atoms. The molecule has 1 aromatic heterocycles. The highest BCUT2D eigenvalue weighted by Gasteiger charge is 2.26. The van der Waals surface area contributed by atoms with Gasteiger partial charge in [0, 0.05) is 0 Å². The van der Waals surface area contributed by atoms with E-state index in [4.69, 9.17) is 11.6 Å². The first-order valence-corrected chi connectivity index (χ1v) is 9.05. The van der Waals surface area contributed by atoms with Gasteiger partial charge in [-0.3, -0.25) is 0 Å². The van der Waals surface area contributed by atoms with Crippen LogP contribution >= 0.6 is 22.9 Å². The lowest BCUT2D eigenvalue weighted by atomic mass is 9.94. The summed E-state index contributed by atoms with van der Waals surface area (Å²) in [5.41, 5.74) is 0.962. The minimum Gasteiger partial charge on any atom is -0.395 e. The molecule has 2 atom stereocenters. The van der Waals surface area contributed by atoms with Crippen molar-refractivity contribution in [2.24, 2.45) is 0 Å². The lowest BCUT2D eigenvalue weighted by Gasteiger charge is -2.23. The fraction of sp³-hybridized carbons (Fsp3) is 0.286. The van der Waals surface area contributed by atoms with E-state index < -0.39 is 16.1 Å². The first kappa shape index (κ1) is 16.5. The minimum atomic E-state index is -3.68. The number of nitrogens with one attached hydrogen (secondary N) is 1. The van der Waals surface area contributed by atoms with Crippen molar-refractivity contribution in [3.8, 4) is 0 Å². The molecule has 0 radical (unpaired) electrons. The second-order valence-corrected chi connectivity index (χ2v) is 8.32. The summed E-state index contributed by atoms with van der Waals surface area (Å²) in [4.78, 5) is 0. The molecule has 4 nitrogen and oxygen atoms in total. The lowest BCUT2D eigenvalue weighted by molar-refractivity contribution is 0.242.